The van der Waals surface area contributed by atoms with Crippen molar-refractivity contribution in [1.82, 2.24) is 0 Å². The number of hydrogen-bond donors (Lipinski definition) is 1. The van der Waals surface area contributed by atoms with E-state index in [1.165, 1.54) is 11.3 Å². The number of amides is 1. The molecule has 1 amide bonds. The van der Waals surface area contributed by atoms with Gasteiger partial charge in [-0.2, -0.15) is 0 Å². The average Bonchev–Trinajstić information content (AvgIpc) is 3.28. The van der Waals surface area contributed by atoms with E-state index in [1.54, 1.807) is 7.11 Å². The van der Waals surface area contributed by atoms with E-state index in [0.29, 0.717) is 23.0 Å². The summed E-state index contributed by atoms with van der Waals surface area (Å²) in [7, 11) is 1.61. The number of benzene rings is 3. The van der Waals surface area contributed by atoms with Gasteiger partial charge in [0.1, 0.15) is 6.61 Å². The van der Waals surface area contributed by atoms with Crippen LogP contribution in [-0.2, 0) is 6.61 Å². The third-order valence-electron chi connectivity index (χ3n) is 4.59. The SMILES string of the molecule is COc1ccccc1OCc1csc(C(=O)Nc2ccc(-c3ccccc3)cc2)c1. The van der Waals surface area contributed by atoms with Gasteiger partial charge in [-0.25, -0.2) is 0 Å². The van der Waals surface area contributed by atoms with E-state index in [-0.39, 0.29) is 5.91 Å². The number of nitrogens with one attached hydrogen (secondary N) is 1. The molecule has 0 saturated carbocycles. The number of rotatable bonds is 7. The van der Waals surface area contributed by atoms with Crippen LogP contribution in [0.4, 0.5) is 5.69 Å². The Bertz CT molecular complexity index is 1120. The predicted molar refractivity (Wildman–Crippen MR) is 121 cm³/mol. The van der Waals surface area contributed by atoms with Gasteiger partial charge in [-0.05, 0) is 46.8 Å². The van der Waals surface area contributed by atoms with Crippen molar-refractivity contribution in [2.24, 2.45) is 0 Å². The lowest BCUT2D eigenvalue weighted by molar-refractivity contribution is 0.103. The number of carbonyl (C=O) groups is 1. The molecule has 0 radical (unpaired) electrons. The molecule has 0 bridgehead atoms. The van der Waals surface area contributed by atoms with Crippen LogP contribution in [0.25, 0.3) is 11.1 Å². The predicted octanol–water partition coefficient (Wildman–Crippen LogP) is 6.26. The van der Waals surface area contributed by atoms with Crippen molar-refractivity contribution in [1.29, 1.82) is 0 Å². The second-order valence-corrected chi connectivity index (χ2v) is 7.57. The van der Waals surface area contributed by atoms with Crippen LogP contribution in [0.5, 0.6) is 11.5 Å². The first-order valence-corrected chi connectivity index (χ1v) is 10.4. The Morgan fingerprint density at radius 2 is 1.53 bits per heavy atom. The van der Waals surface area contributed by atoms with Gasteiger partial charge in [-0.3, -0.25) is 4.79 Å². The Balaban J connectivity index is 1.37. The number of methoxy groups -OCH3 is 1. The fraction of sp³-hybridized carbons (Fsp3) is 0.0800. The first kappa shape index (κ1) is 19.7. The van der Waals surface area contributed by atoms with Crippen molar-refractivity contribution in [3.8, 4) is 22.6 Å². The van der Waals surface area contributed by atoms with E-state index in [4.69, 9.17) is 9.47 Å². The maximum absolute atomic E-state index is 12.6. The van der Waals surface area contributed by atoms with Crippen LogP contribution in [0, 0.1) is 0 Å². The Kier molecular flexibility index (Phi) is 6.11. The van der Waals surface area contributed by atoms with Crippen molar-refractivity contribution < 1.29 is 14.3 Å². The van der Waals surface area contributed by atoms with E-state index in [9.17, 15) is 4.79 Å². The summed E-state index contributed by atoms with van der Waals surface area (Å²) in [5.41, 5.74) is 3.96. The first-order chi connectivity index (χ1) is 14.7. The highest BCUT2D eigenvalue weighted by atomic mass is 32.1. The molecule has 0 atom stereocenters. The van der Waals surface area contributed by atoms with E-state index >= 15 is 0 Å². The molecule has 30 heavy (non-hydrogen) atoms. The second-order valence-electron chi connectivity index (χ2n) is 6.66. The standard InChI is InChI=1S/C25H21NO3S/c1-28-22-9-5-6-10-23(22)29-16-18-15-24(30-17-18)25(27)26-21-13-11-20(12-14-21)19-7-3-2-4-8-19/h2-15,17H,16H2,1H3,(H,26,27). The Hall–Kier alpha value is -3.57. The van der Waals surface area contributed by atoms with Crippen LogP contribution >= 0.6 is 11.3 Å². The largest absolute Gasteiger partial charge is 0.493 e. The summed E-state index contributed by atoms with van der Waals surface area (Å²) in [6, 6.07) is 27.3. The zero-order valence-electron chi connectivity index (χ0n) is 16.5. The molecule has 4 rings (SSSR count). The maximum atomic E-state index is 12.6. The summed E-state index contributed by atoms with van der Waals surface area (Å²) in [4.78, 5) is 13.2. The average molecular weight is 416 g/mol. The highest BCUT2D eigenvalue weighted by Gasteiger charge is 2.11. The van der Waals surface area contributed by atoms with Gasteiger partial charge in [0.2, 0.25) is 0 Å². The molecule has 1 heterocycles. The van der Waals surface area contributed by atoms with Gasteiger partial charge in [0.25, 0.3) is 5.91 Å². The molecule has 0 aliphatic carbocycles. The van der Waals surface area contributed by atoms with E-state index in [2.05, 4.69) is 17.4 Å². The monoisotopic (exact) mass is 415 g/mol. The maximum Gasteiger partial charge on any atom is 0.265 e. The molecule has 150 valence electrons. The molecule has 1 aromatic heterocycles. The van der Waals surface area contributed by atoms with E-state index in [0.717, 1.165) is 22.4 Å². The molecule has 0 fully saturated rings. The number of ether oxygens (including phenoxy) is 2. The second kappa shape index (κ2) is 9.29. The highest BCUT2D eigenvalue weighted by molar-refractivity contribution is 7.12. The van der Waals surface area contributed by atoms with Crippen molar-refractivity contribution in [2.75, 3.05) is 12.4 Å². The lowest BCUT2D eigenvalue weighted by Crippen LogP contribution is -2.10. The van der Waals surface area contributed by atoms with Crippen molar-refractivity contribution in [2.45, 2.75) is 6.61 Å². The molecule has 4 nitrogen and oxygen atoms in total. The molecule has 0 saturated heterocycles. The topological polar surface area (TPSA) is 47.6 Å². The molecular formula is C25H21NO3S. The Morgan fingerprint density at radius 1 is 0.867 bits per heavy atom. The lowest BCUT2D eigenvalue weighted by atomic mass is 10.1. The fourth-order valence-corrected chi connectivity index (χ4v) is 3.83. The first-order valence-electron chi connectivity index (χ1n) is 9.53. The van der Waals surface area contributed by atoms with Crippen LogP contribution in [0.15, 0.2) is 90.3 Å². The summed E-state index contributed by atoms with van der Waals surface area (Å²) in [6.45, 7) is 0.371. The van der Waals surface area contributed by atoms with Crippen LogP contribution in [0.1, 0.15) is 15.2 Å². The van der Waals surface area contributed by atoms with Gasteiger partial charge < -0.3 is 14.8 Å². The quantitative estimate of drug-likeness (QED) is 0.388. The number of carbonyl (C=O) groups excluding carboxylic acids is 1. The van der Waals surface area contributed by atoms with E-state index < -0.39 is 0 Å². The Morgan fingerprint density at radius 3 is 2.27 bits per heavy atom. The van der Waals surface area contributed by atoms with Crippen LogP contribution in [0.3, 0.4) is 0 Å². The minimum atomic E-state index is -0.129. The summed E-state index contributed by atoms with van der Waals surface area (Å²) in [6.07, 6.45) is 0. The number of para-hydroxylation sites is 2. The molecule has 3 aromatic carbocycles. The minimum Gasteiger partial charge on any atom is -0.493 e. The molecule has 0 spiro atoms. The summed E-state index contributed by atoms with van der Waals surface area (Å²) in [5, 5.41) is 4.89. The third kappa shape index (κ3) is 4.70. The van der Waals surface area contributed by atoms with Gasteiger partial charge in [0, 0.05) is 11.3 Å². The molecule has 0 unspecified atom stereocenters. The van der Waals surface area contributed by atoms with Crippen molar-refractivity contribution in [3.05, 3.63) is 101 Å². The number of anilines is 1. The Labute approximate surface area is 179 Å². The lowest BCUT2D eigenvalue weighted by Gasteiger charge is -2.09. The number of thiophene rings is 1. The number of hydrogen-bond acceptors (Lipinski definition) is 4. The molecule has 5 heteroatoms. The molecular weight excluding hydrogens is 394 g/mol. The van der Waals surface area contributed by atoms with Crippen LogP contribution < -0.4 is 14.8 Å². The molecule has 0 aliphatic rings. The zero-order chi connectivity index (χ0) is 20.8. The van der Waals surface area contributed by atoms with Crippen molar-refractivity contribution in [3.63, 3.8) is 0 Å². The summed E-state index contributed by atoms with van der Waals surface area (Å²) >= 11 is 1.40. The smallest absolute Gasteiger partial charge is 0.265 e. The summed E-state index contributed by atoms with van der Waals surface area (Å²) < 4.78 is 11.1. The van der Waals surface area contributed by atoms with Crippen molar-refractivity contribution >= 4 is 22.9 Å². The van der Waals surface area contributed by atoms with Gasteiger partial charge >= 0.3 is 0 Å². The van der Waals surface area contributed by atoms with Gasteiger partial charge in [-0.1, -0.05) is 54.6 Å². The van der Waals surface area contributed by atoms with Gasteiger partial charge in [0.15, 0.2) is 11.5 Å². The van der Waals surface area contributed by atoms with Crippen LogP contribution in [0.2, 0.25) is 0 Å². The summed E-state index contributed by atoms with van der Waals surface area (Å²) in [5.74, 6) is 1.23. The van der Waals surface area contributed by atoms with Gasteiger partial charge in [-0.15, -0.1) is 11.3 Å². The fourth-order valence-electron chi connectivity index (χ4n) is 3.04. The van der Waals surface area contributed by atoms with Gasteiger partial charge in [0.05, 0.1) is 12.0 Å². The molecule has 4 aromatic rings. The zero-order valence-corrected chi connectivity index (χ0v) is 17.3. The highest BCUT2D eigenvalue weighted by Crippen LogP contribution is 2.27. The van der Waals surface area contributed by atoms with Crippen LogP contribution in [-0.4, -0.2) is 13.0 Å². The molecule has 1 N–H and O–H groups in total. The minimum absolute atomic E-state index is 0.129. The molecule has 0 aliphatic heterocycles. The normalized spacial score (nSPS) is 10.4. The third-order valence-corrected chi connectivity index (χ3v) is 5.57. The van der Waals surface area contributed by atoms with E-state index in [1.807, 2.05) is 78.2 Å².